The number of pyridine rings is 1. The molecule has 0 aliphatic rings. The highest BCUT2D eigenvalue weighted by Crippen LogP contribution is 2.11. The van der Waals surface area contributed by atoms with Crippen LogP contribution < -0.4 is 0 Å². The Kier molecular flexibility index (Phi) is 4.44. The lowest BCUT2D eigenvalue weighted by Crippen LogP contribution is -2.10. The Morgan fingerprint density at radius 3 is 2.88 bits per heavy atom. The molecule has 0 aliphatic heterocycles. The van der Waals surface area contributed by atoms with Gasteiger partial charge >= 0.3 is 0 Å². The first-order chi connectivity index (χ1) is 7.59. The van der Waals surface area contributed by atoms with Crippen molar-refractivity contribution in [3.8, 4) is 6.07 Å². The van der Waals surface area contributed by atoms with Gasteiger partial charge in [-0.2, -0.15) is 5.26 Å². The van der Waals surface area contributed by atoms with E-state index in [1.54, 1.807) is 12.1 Å². The molecule has 5 heteroatoms. The van der Waals surface area contributed by atoms with Gasteiger partial charge in [-0.05, 0) is 12.5 Å². The Hall–Kier alpha value is -1.41. The van der Waals surface area contributed by atoms with Gasteiger partial charge in [0.1, 0.15) is 11.8 Å². The van der Waals surface area contributed by atoms with Crippen molar-refractivity contribution in [1.29, 1.82) is 5.26 Å². The van der Waals surface area contributed by atoms with Gasteiger partial charge in [0.05, 0.1) is 11.5 Å². The van der Waals surface area contributed by atoms with Gasteiger partial charge in [-0.1, -0.05) is 19.4 Å². The minimum atomic E-state index is -3.12. The first-order valence-electron chi connectivity index (χ1n) is 5.13. The van der Waals surface area contributed by atoms with Gasteiger partial charge in [0.2, 0.25) is 0 Å². The molecule has 0 aliphatic carbocycles. The van der Waals surface area contributed by atoms with Crippen LogP contribution in [-0.4, -0.2) is 19.2 Å². The van der Waals surface area contributed by atoms with E-state index in [9.17, 15) is 8.42 Å². The maximum atomic E-state index is 11.7. The molecule has 1 heterocycles. The summed E-state index contributed by atoms with van der Waals surface area (Å²) in [7, 11) is -3.12. The maximum Gasteiger partial charge on any atom is 0.154 e. The van der Waals surface area contributed by atoms with Crippen molar-refractivity contribution in [3.63, 3.8) is 0 Å². The molecule has 0 spiro atoms. The summed E-state index contributed by atoms with van der Waals surface area (Å²) in [6.45, 7) is 1.94. The zero-order chi connectivity index (χ0) is 12.0. The Morgan fingerprint density at radius 2 is 2.25 bits per heavy atom. The van der Waals surface area contributed by atoms with Crippen LogP contribution in [0.1, 0.15) is 31.0 Å². The molecule has 1 aromatic rings. The fourth-order valence-electron chi connectivity index (χ4n) is 1.33. The van der Waals surface area contributed by atoms with E-state index in [1.807, 2.05) is 13.0 Å². The van der Waals surface area contributed by atoms with Gasteiger partial charge in [-0.25, -0.2) is 13.4 Å². The smallest absolute Gasteiger partial charge is 0.154 e. The average molecular weight is 238 g/mol. The van der Waals surface area contributed by atoms with E-state index in [2.05, 4.69) is 4.98 Å². The molecule has 0 aromatic carbocycles. The third-order valence-electron chi connectivity index (χ3n) is 2.18. The minimum absolute atomic E-state index is 0.0935. The van der Waals surface area contributed by atoms with Crippen LogP contribution in [0.25, 0.3) is 0 Å². The Morgan fingerprint density at radius 1 is 1.50 bits per heavy atom. The zero-order valence-corrected chi connectivity index (χ0v) is 10.00. The van der Waals surface area contributed by atoms with Crippen molar-refractivity contribution in [2.45, 2.75) is 25.5 Å². The second-order valence-electron chi connectivity index (χ2n) is 3.57. The second-order valence-corrected chi connectivity index (χ2v) is 5.75. The second kappa shape index (κ2) is 5.61. The van der Waals surface area contributed by atoms with E-state index in [0.717, 1.165) is 6.42 Å². The highest BCUT2D eigenvalue weighted by molar-refractivity contribution is 7.90. The number of nitriles is 1. The summed E-state index contributed by atoms with van der Waals surface area (Å²) in [4.78, 5) is 3.84. The third-order valence-corrected chi connectivity index (χ3v) is 3.84. The molecule has 0 atom stereocenters. The molecule has 0 saturated carbocycles. The predicted octanol–water partition coefficient (Wildman–Crippen LogP) is 1.67. The largest absolute Gasteiger partial charge is 0.245 e. The van der Waals surface area contributed by atoms with Crippen molar-refractivity contribution in [1.82, 2.24) is 4.98 Å². The van der Waals surface area contributed by atoms with Gasteiger partial charge in [-0.3, -0.25) is 0 Å². The van der Waals surface area contributed by atoms with E-state index < -0.39 is 9.84 Å². The molecule has 16 heavy (non-hydrogen) atoms. The van der Waals surface area contributed by atoms with Gasteiger partial charge in [-0.15, -0.1) is 0 Å². The van der Waals surface area contributed by atoms with Crippen LogP contribution in [0.3, 0.4) is 0 Å². The normalized spacial score (nSPS) is 11.0. The molecule has 1 aromatic heterocycles. The highest BCUT2D eigenvalue weighted by atomic mass is 32.2. The molecule has 0 saturated heterocycles. The molecule has 86 valence electrons. The summed E-state index contributed by atoms with van der Waals surface area (Å²) < 4.78 is 23.4. The fourth-order valence-corrected chi connectivity index (χ4v) is 2.91. The molecule has 0 bridgehead atoms. The predicted molar refractivity (Wildman–Crippen MR) is 61.4 cm³/mol. The van der Waals surface area contributed by atoms with Crippen molar-refractivity contribution in [2.75, 3.05) is 5.75 Å². The minimum Gasteiger partial charge on any atom is -0.245 e. The Bertz CT molecular complexity index is 489. The zero-order valence-electron chi connectivity index (χ0n) is 9.18. The fraction of sp³-hybridized carbons (Fsp3) is 0.455. The molecular formula is C11H14N2O2S. The monoisotopic (exact) mass is 238 g/mol. The van der Waals surface area contributed by atoms with Gasteiger partial charge < -0.3 is 0 Å². The first kappa shape index (κ1) is 12.7. The molecule has 0 radical (unpaired) electrons. The Labute approximate surface area is 95.9 Å². The number of hydrogen-bond acceptors (Lipinski definition) is 4. The van der Waals surface area contributed by atoms with Crippen LogP contribution in [0.15, 0.2) is 18.3 Å². The number of hydrogen-bond donors (Lipinski definition) is 0. The number of sulfone groups is 1. The SMILES string of the molecule is CCCCS(=O)(=O)Cc1cccnc1C#N. The maximum absolute atomic E-state index is 11.7. The first-order valence-corrected chi connectivity index (χ1v) is 6.95. The van der Waals surface area contributed by atoms with Gasteiger partial charge in [0, 0.05) is 11.8 Å². The standard InChI is InChI=1S/C11H14N2O2S/c1-2-3-7-16(14,15)9-10-5-4-6-13-11(10)8-12/h4-6H,2-3,7,9H2,1H3. The van der Waals surface area contributed by atoms with Gasteiger partial charge in [0.25, 0.3) is 0 Å². The van der Waals surface area contributed by atoms with E-state index in [1.165, 1.54) is 6.20 Å². The van der Waals surface area contributed by atoms with E-state index in [4.69, 9.17) is 5.26 Å². The molecule has 0 unspecified atom stereocenters. The average Bonchev–Trinajstić information content (AvgIpc) is 2.27. The van der Waals surface area contributed by atoms with Crippen LogP contribution in [0.5, 0.6) is 0 Å². The summed E-state index contributed by atoms with van der Waals surface area (Å²) in [5.74, 6) is 0.0764. The molecule has 1 rings (SSSR count). The number of aromatic nitrogens is 1. The van der Waals surface area contributed by atoms with Gasteiger partial charge in [0.15, 0.2) is 9.84 Å². The van der Waals surface area contributed by atoms with Crippen molar-refractivity contribution < 1.29 is 8.42 Å². The third kappa shape index (κ3) is 3.63. The lowest BCUT2D eigenvalue weighted by molar-refractivity contribution is 0.591. The lowest BCUT2D eigenvalue weighted by atomic mass is 10.2. The topological polar surface area (TPSA) is 70.8 Å². The van der Waals surface area contributed by atoms with Crippen LogP contribution in [0.2, 0.25) is 0 Å². The van der Waals surface area contributed by atoms with E-state index >= 15 is 0 Å². The summed E-state index contributed by atoms with van der Waals surface area (Å²) in [6, 6.07) is 5.18. The summed E-state index contributed by atoms with van der Waals surface area (Å²) >= 11 is 0. The quantitative estimate of drug-likeness (QED) is 0.782. The number of unbranched alkanes of at least 4 members (excludes halogenated alkanes) is 1. The highest BCUT2D eigenvalue weighted by Gasteiger charge is 2.14. The number of rotatable bonds is 5. The molecule has 0 amide bonds. The van der Waals surface area contributed by atoms with Crippen LogP contribution in [0.4, 0.5) is 0 Å². The van der Waals surface area contributed by atoms with E-state index in [-0.39, 0.29) is 17.2 Å². The molecule has 0 N–H and O–H groups in total. The van der Waals surface area contributed by atoms with Crippen molar-refractivity contribution in [3.05, 3.63) is 29.6 Å². The Balaban J connectivity index is 2.85. The summed E-state index contributed by atoms with van der Waals surface area (Å²) in [5, 5.41) is 8.78. The molecular weight excluding hydrogens is 224 g/mol. The van der Waals surface area contributed by atoms with Crippen LogP contribution in [0, 0.1) is 11.3 Å². The molecule has 4 nitrogen and oxygen atoms in total. The van der Waals surface area contributed by atoms with Crippen molar-refractivity contribution in [2.24, 2.45) is 0 Å². The summed E-state index contributed by atoms with van der Waals surface area (Å²) in [5.41, 5.74) is 0.684. The van der Waals surface area contributed by atoms with E-state index in [0.29, 0.717) is 12.0 Å². The number of nitrogens with zero attached hydrogens (tertiary/aromatic N) is 2. The summed E-state index contributed by atoms with van der Waals surface area (Å²) in [6.07, 6.45) is 2.99. The van der Waals surface area contributed by atoms with Crippen LogP contribution >= 0.6 is 0 Å². The van der Waals surface area contributed by atoms with Crippen molar-refractivity contribution >= 4 is 9.84 Å². The lowest BCUT2D eigenvalue weighted by Gasteiger charge is -2.04. The molecule has 0 fully saturated rings. The van der Waals surface area contributed by atoms with Crippen LogP contribution in [-0.2, 0) is 15.6 Å².